The van der Waals surface area contributed by atoms with Gasteiger partial charge in [-0.2, -0.15) is 0 Å². The van der Waals surface area contributed by atoms with Gasteiger partial charge < -0.3 is 10.2 Å². The molecule has 1 heterocycles. The summed E-state index contributed by atoms with van der Waals surface area (Å²) in [6.45, 7) is 14.1. The number of nitrogens with one attached hydrogen (secondary N) is 1. The van der Waals surface area contributed by atoms with Crippen LogP contribution in [-0.2, 0) is 0 Å². The van der Waals surface area contributed by atoms with Gasteiger partial charge in [0.15, 0.2) is 0 Å². The maximum Gasteiger partial charge on any atom is 0.254 e. The third-order valence-corrected chi connectivity index (χ3v) is 5.00. The third-order valence-electron chi connectivity index (χ3n) is 5.00. The van der Waals surface area contributed by atoms with Gasteiger partial charge in [0.25, 0.3) is 5.91 Å². The van der Waals surface area contributed by atoms with Crippen molar-refractivity contribution in [3.63, 3.8) is 0 Å². The van der Waals surface area contributed by atoms with Crippen LogP contribution in [0.2, 0.25) is 0 Å². The molecule has 1 N–H and O–H groups in total. The second kappa shape index (κ2) is 7.26. The van der Waals surface area contributed by atoms with E-state index in [1.165, 1.54) is 0 Å². The monoisotopic (exact) mass is 330 g/mol. The zero-order chi connectivity index (χ0) is 18.0. The molecule has 2 rings (SSSR count). The summed E-state index contributed by atoms with van der Waals surface area (Å²) in [6.07, 6.45) is 4.16. The number of nitrogens with zero attached hydrogens (tertiary/aromatic N) is 1. The maximum absolute atomic E-state index is 13.3. The van der Waals surface area contributed by atoms with E-state index in [2.05, 4.69) is 44.8 Å². The molecule has 1 saturated heterocycles. The average molecular weight is 331 g/mol. The summed E-state index contributed by atoms with van der Waals surface area (Å²) >= 11 is 0. The van der Waals surface area contributed by atoms with Gasteiger partial charge in [-0.25, -0.2) is 0 Å². The van der Waals surface area contributed by atoms with E-state index in [1.54, 1.807) is 0 Å². The molecule has 1 aliphatic heterocycles. The minimum atomic E-state index is 0.0445. The van der Waals surface area contributed by atoms with Crippen LogP contribution in [0.4, 0.5) is 0 Å². The van der Waals surface area contributed by atoms with E-state index in [1.807, 2.05) is 31.2 Å². The minimum Gasteiger partial charge on any atom is -0.336 e. The molecule has 1 aliphatic rings. The van der Waals surface area contributed by atoms with E-state index >= 15 is 0 Å². The van der Waals surface area contributed by atoms with Crippen molar-refractivity contribution in [2.45, 2.75) is 84.3 Å². The van der Waals surface area contributed by atoms with E-state index in [0.717, 1.165) is 43.4 Å². The summed E-state index contributed by atoms with van der Waals surface area (Å²) in [5, 5.41) is 3.73. The van der Waals surface area contributed by atoms with Crippen molar-refractivity contribution in [1.29, 1.82) is 0 Å². The predicted molar refractivity (Wildman–Crippen MR) is 101 cm³/mol. The lowest BCUT2D eigenvalue weighted by Gasteiger charge is -2.49. The zero-order valence-corrected chi connectivity index (χ0v) is 16.3. The molecule has 0 unspecified atom stereocenters. The summed E-state index contributed by atoms with van der Waals surface area (Å²) in [5.41, 5.74) is 2.01. The van der Waals surface area contributed by atoms with Gasteiger partial charge in [0, 0.05) is 29.2 Å². The summed E-state index contributed by atoms with van der Waals surface area (Å²) in [5.74, 6) is 0.194. The van der Waals surface area contributed by atoms with Gasteiger partial charge in [-0.15, -0.1) is 0 Å². The van der Waals surface area contributed by atoms with E-state index in [-0.39, 0.29) is 23.0 Å². The molecule has 134 valence electrons. The standard InChI is InChI=1S/C21H34N2O/c1-7-8-13-23(19(24)18-12-10-9-11-16(18)2)17-14-20(3,4)22-21(5,6)15-17/h9-12,17,22H,7-8,13-15H2,1-6H3. The lowest BCUT2D eigenvalue weighted by Crippen LogP contribution is -2.63. The first-order valence-corrected chi connectivity index (χ1v) is 9.31. The Bertz CT molecular complexity index is 561. The Morgan fingerprint density at radius 1 is 1.17 bits per heavy atom. The quantitative estimate of drug-likeness (QED) is 0.859. The molecule has 0 bridgehead atoms. The lowest BCUT2D eigenvalue weighted by molar-refractivity contribution is 0.0441. The third kappa shape index (κ3) is 4.60. The summed E-state index contributed by atoms with van der Waals surface area (Å²) in [6, 6.07) is 8.25. The van der Waals surface area contributed by atoms with Crippen LogP contribution in [0.25, 0.3) is 0 Å². The minimum absolute atomic E-state index is 0.0445. The van der Waals surface area contributed by atoms with Crippen molar-refractivity contribution in [3.05, 3.63) is 35.4 Å². The summed E-state index contributed by atoms with van der Waals surface area (Å²) in [4.78, 5) is 15.4. The molecule has 0 spiro atoms. The highest BCUT2D eigenvalue weighted by Gasteiger charge is 2.41. The zero-order valence-electron chi connectivity index (χ0n) is 16.3. The van der Waals surface area contributed by atoms with Crippen LogP contribution in [0, 0.1) is 6.92 Å². The molecule has 0 radical (unpaired) electrons. The fraction of sp³-hybridized carbons (Fsp3) is 0.667. The second-order valence-electron chi connectivity index (χ2n) is 8.62. The average Bonchev–Trinajstić information content (AvgIpc) is 2.44. The molecule has 0 aromatic heterocycles. The van der Waals surface area contributed by atoms with Crippen molar-refractivity contribution in [2.24, 2.45) is 0 Å². The van der Waals surface area contributed by atoms with Gasteiger partial charge in [0.05, 0.1) is 0 Å². The molecule has 0 saturated carbocycles. The summed E-state index contributed by atoms with van der Waals surface area (Å²) < 4.78 is 0. The topological polar surface area (TPSA) is 32.3 Å². The summed E-state index contributed by atoms with van der Waals surface area (Å²) in [7, 11) is 0. The highest BCUT2D eigenvalue weighted by atomic mass is 16.2. The fourth-order valence-corrected chi connectivity index (χ4v) is 4.23. The molecule has 1 aromatic rings. The number of rotatable bonds is 5. The van der Waals surface area contributed by atoms with Crippen molar-refractivity contribution >= 4 is 5.91 Å². The van der Waals surface area contributed by atoms with Crippen molar-refractivity contribution in [1.82, 2.24) is 10.2 Å². The van der Waals surface area contributed by atoms with E-state index in [0.29, 0.717) is 0 Å². The number of carbonyl (C=O) groups excluding carboxylic acids is 1. The number of carbonyl (C=O) groups is 1. The predicted octanol–water partition coefficient (Wildman–Crippen LogP) is 4.55. The first kappa shape index (κ1) is 19.0. The number of unbranched alkanes of at least 4 members (excludes halogenated alkanes) is 1. The smallest absolute Gasteiger partial charge is 0.254 e. The lowest BCUT2D eigenvalue weighted by atomic mass is 9.78. The number of aryl methyl sites for hydroxylation is 1. The van der Waals surface area contributed by atoms with Crippen molar-refractivity contribution in [3.8, 4) is 0 Å². The SMILES string of the molecule is CCCCN(C(=O)c1ccccc1C)C1CC(C)(C)NC(C)(C)C1. The van der Waals surface area contributed by atoms with E-state index < -0.39 is 0 Å². The Hall–Kier alpha value is -1.35. The maximum atomic E-state index is 13.3. The van der Waals surface area contributed by atoms with Crippen molar-refractivity contribution < 1.29 is 4.79 Å². The highest BCUT2D eigenvalue weighted by Crippen LogP contribution is 2.32. The number of benzene rings is 1. The van der Waals surface area contributed by atoms with Gasteiger partial charge in [-0.05, 0) is 65.5 Å². The molecule has 0 aliphatic carbocycles. The van der Waals surface area contributed by atoms with Crippen LogP contribution in [0.5, 0.6) is 0 Å². The second-order valence-corrected chi connectivity index (χ2v) is 8.62. The number of piperidine rings is 1. The number of hydrogen-bond donors (Lipinski definition) is 1. The molecule has 1 fully saturated rings. The Labute approximate surface area is 147 Å². The van der Waals surface area contributed by atoms with Crippen LogP contribution in [0.15, 0.2) is 24.3 Å². The number of hydrogen-bond acceptors (Lipinski definition) is 2. The molecule has 1 aromatic carbocycles. The van der Waals surface area contributed by atoms with E-state index in [4.69, 9.17) is 0 Å². The van der Waals surface area contributed by atoms with Gasteiger partial charge in [-0.1, -0.05) is 31.5 Å². The molecular formula is C21H34N2O. The normalized spacial score (nSPS) is 19.9. The van der Waals surface area contributed by atoms with Crippen LogP contribution in [-0.4, -0.2) is 34.5 Å². The fourth-order valence-electron chi connectivity index (χ4n) is 4.23. The van der Waals surface area contributed by atoms with Crippen LogP contribution < -0.4 is 5.32 Å². The van der Waals surface area contributed by atoms with Gasteiger partial charge in [0.1, 0.15) is 0 Å². The largest absolute Gasteiger partial charge is 0.336 e. The van der Waals surface area contributed by atoms with E-state index in [9.17, 15) is 4.79 Å². The van der Waals surface area contributed by atoms with Gasteiger partial charge in [0.2, 0.25) is 0 Å². The highest BCUT2D eigenvalue weighted by molar-refractivity contribution is 5.95. The Kier molecular flexibility index (Phi) is 5.74. The Balaban J connectivity index is 2.31. The molecule has 1 amide bonds. The molecule has 3 heteroatoms. The van der Waals surface area contributed by atoms with Gasteiger partial charge >= 0.3 is 0 Å². The van der Waals surface area contributed by atoms with Crippen LogP contribution in [0.1, 0.15) is 76.2 Å². The van der Waals surface area contributed by atoms with Gasteiger partial charge in [-0.3, -0.25) is 4.79 Å². The Morgan fingerprint density at radius 2 is 1.75 bits per heavy atom. The number of amides is 1. The molecule has 3 nitrogen and oxygen atoms in total. The Morgan fingerprint density at radius 3 is 2.29 bits per heavy atom. The first-order valence-electron chi connectivity index (χ1n) is 9.31. The molecule has 0 atom stereocenters. The van der Waals surface area contributed by atoms with Crippen LogP contribution >= 0.6 is 0 Å². The first-order chi connectivity index (χ1) is 11.2. The van der Waals surface area contributed by atoms with Crippen molar-refractivity contribution in [2.75, 3.05) is 6.54 Å². The molecular weight excluding hydrogens is 296 g/mol. The van der Waals surface area contributed by atoms with Crippen LogP contribution in [0.3, 0.4) is 0 Å². The molecule has 24 heavy (non-hydrogen) atoms.